The van der Waals surface area contributed by atoms with Crippen LogP contribution in [-0.4, -0.2) is 61.5 Å². The number of hydrogen-bond acceptors (Lipinski definition) is 7. The number of anilines is 2. The van der Waals surface area contributed by atoms with Crippen LogP contribution in [0.5, 0.6) is 0 Å². The van der Waals surface area contributed by atoms with E-state index in [1.165, 1.54) is 25.7 Å². The number of nitrogens with zero attached hydrogens (tertiary/aromatic N) is 5. The average Bonchev–Trinajstić information content (AvgIpc) is 3.51. The maximum atomic E-state index is 12.2. The van der Waals surface area contributed by atoms with Crippen molar-refractivity contribution < 1.29 is 4.79 Å². The number of hydrogen-bond donors (Lipinski definition) is 3. The number of allylic oxidation sites excluding steroid dienone is 1. The first kappa shape index (κ1) is 28.5. The molecular weight excluding hydrogens is 499 g/mol. The highest BCUT2D eigenvalue weighted by molar-refractivity contribution is 5.87. The molecule has 2 aliphatic carbocycles. The number of carbonyl (C=O) groups excluding carboxylic acids is 1. The van der Waals surface area contributed by atoms with Crippen LogP contribution in [0.1, 0.15) is 77.2 Å². The minimum atomic E-state index is 0. The number of rotatable bonds is 6. The lowest BCUT2D eigenvalue weighted by Crippen LogP contribution is -2.41. The highest BCUT2D eigenvalue weighted by atomic mass is 35.5. The van der Waals surface area contributed by atoms with Crippen LogP contribution in [0.2, 0.25) is 0 Å². The Morgan fingerprint density at radius 3 is 2.31 bits per heavy atom. The molecule has 1 aliphatic heterocycles. The molecule has 2 aromatic heterocycles. The van der Waals surface area contributed by atoms with Crippen LogP contribution < -0.4 is 16.4 Å². The van der Waals surface area contributed by atoms with Crippen molar-refractivity contribution in [2.45, 2.75) is 95.3 Å². The standard InChI is InChI=1S/C25H38N8O.2ClH/c1-2-5-21(34)32-14-12-19(13-15-32)28-23-22-24(33(16-27-22)20-6-3-4-7-20)31-25(30-23)29-18-10-8-17(26)9-11-18;;/h2,5,16-20H,3-4,6-15,26H2,1H3,(H2,28,29,30,31);2*1H. The normalized spacial score (nSPS) is 23.4. The third-order valence-corrected chi connectivity index (χ3v) is 7.70. The van der Waals surface area contributed by atoms with Gasteiger partial charge in [-0.15, -0.1) is 24.8 Å². The van der Waals surface area contributed by atoms with Gasteiger partial charge >= 0.3 is 0 Å². The van der Waals surface area contributed by atoms with Gasteiger partial charge in [0.1, 0.15) is 0 Å². The molecule has 36 heavy (non-hydrogen) atoms. The molecule has 1 amide bonds. The van der Waals surface area contributed by atoms with E-state index in [9.17, 15) is 4.79 Å². The number of nitrogens with two attached hydrogens (primary N) is 1. The largest absolute Gasteiger partial charge is 0.365 e. The van der Waals surface area contributed by atoms with Gasteiger partial charge in [-0.3, -0.25) is 4.79 Å². The van der Waals surface area contributed by atoms with Gasteiger partial charge < -0.3 is 25.8 Å². The van der Waals surface area contributed by atoms with E-state index in [4.69, 9.17) is 20.7 Å². The van der Waals surface area contributed by atoms with Crippen LogP contribution in [0.15, 0.2) is 18.5 Å². The monoisotopic (exact) mass is 538 g/mol. The molecule has 0 aromatic carbocycles. The Kier molecular flexibility index (Phi) is 10.2. The number of amides is 1. The van der Waals surface area contributed by atoms with Crippen molar-refractivity contribution in [3.63, 3.8) is 0 Å². The van der Waals surface area contributed by atoms with Crippen LogP contribution in [0.4, 0.5) is 11.8 Å². The molecule has 3 aliphatic rings. The fraction of sp³-hybridized carbons (Fsp3) is 0.680. The van der Waals surface area contributed by atoms with E-state index in [-0.39, 0.29) is 36.8 Å². The number of halogens is 2. The zero-order chi connectivity index (χ0) is 23.5. The summed E-state index contributed by atoms with van der Waals surface area (Å²) in [6.07, 6.45) is 16.2. The molecule has 2 saturated carbocycles. The van der Waals surface area contributed by atoms with Gasteiger partial charge in [-0.25, -0.2) is 4.98 Å². The second-order valence-corrected chi connectivity index (χ2v) is 10.2. The van der Waals surface area contributed by atoms with E-state index >= 15 is 0 Å². The van der Waals surface area contributed by atoms with Gasteiger partial charge in [0.2, 0.25) is 11.9 Å². The zero-order valence-corrected chi connectivity index (χ0v) is 22.7. The average molecular weight is 540 g/mol. The Morgan fingerprint density at radius 1 is 0.972 bits per heavy atom. The van der Waals surface area contributed by atoms with Crippen molar-refractivity contribution in [3.8, 4) is 0 Å². The summed E-state index contributed by atoms with van der Waals surface area (Å²) in [5, 5.41) is 7.26. The first-order valence-electron chi connectivity index (χ1n) is 13.1. The van der Waals surface area contributed by atoms with Crippen LogP contribution in [0.25, 0.3) is 11.2 Å². The second-order valence-electron chi connectivity index (χ2n) is 10.2. The fourth-order valence-corrected chi connectivity index (χ4v) is 5.66. The molecule has 1 saturated heterocycles. The molecule has 200 valence electrons. The number of piperidine rings is 1. The first-order chi connectivity index (χ1) is 16.6. The summed E-state index contributed by atoms with van der Waals surface area (Å²) in [6, 6.07) is 1.39. The van der Waals surface area contributed by atoms with Crippen molar-refractivity contribution in [2.24, 2.45) is 5.73 Å². The van der Waals surface area contributed by atoms with E-state index in [1.54, 1.807) is 12.2 Å². The molecule has 4 N–H and O–H groups in total. The van der Waals surface area contributed by atoms with Crippen LogP contribution >= 0.6 is 24.8 Å². The molecule has 0 unspecified atom stereocenters. The van der Waals surface area contributed by atoms with E-state index in [2.05, 4.69) is 15.2 Å². The van der Waals surface area contributed by atoms with E-state index in [0.29, 0.717) is 24.1 Å². The number of carbonyl (C=O) groups is 1. The Bertz CT molecular complexity index is 1020. The van der Waals surface area contributed by atoms with Gasteiger partial charge in [0, 0.05) is 37.3 Å². The summed E-state index contributed by atoms with van der Waals surface area (Å²) in [4.78, 5) is 28.7. The topological polar surface area (TPSA) is 114 Å². The first-order valence-corrected chi connectivity index (χ1v) is 13.1. The van der Waals surface area contributed by atoms with Crippen LogP contribution in [0, 0.1) is 0 Å². The number of likely N-dealkylation sites (tertiary alicyclic amines) is 1. The second kappa shape index (κ2) is 12.9. The molecule has 0 atom stereocenters. The van der Waals surface area contributed by atoms with E-state index in [0.717, 1.165) is 68.6 Å². The molecule has 2 aromatic rings. The summed E-state index contributed by atoms with van der Waals surface area (Å²) in [7, 11) is 0. The summed E-state index contributed by atoms with van der Waals surface area (Å²) in [6.45, 7) is 3.38. The molecule has 9 nitrogen and oxygen atoms in total. The van der Waals surface area contributed by atoms with E-state index < -0.39 is 0 Å². The highest BCUT2D eigenvalue weighted by Crippen LogP contribution is 2.33. The smallest absolute Gasteiger partial charge is 0.246 e. The lowest BCUT2D eigenvalue weighted by molar-refractivity contribution is -0.126. The Balaban J connectivity index is 0.00000180. The number of aromatic nitrogens is 4. The van der Waals surface area contributed by atoms with Crippen molar-refractivity contribution in [1.29, 1.82) is 0 Å². The zero-order valence-electron chi connectivity index (χ0n) is 21.1. The quantitative estimate of drug-likeness (QED) is 0.465. The van der Waals surface area contributed by atoms with Crippen LogP contribution in [0.3, 0.4) is 0 Å². The molecule has 0 bridgehead atoms. The lowest BCUT2D eigenvalue weighted by Gasteiger charge is -2.32. The lowest BCUT2D eigenvalue weighted by atomic mass is 9.92. The fourth-order valence-electron chi connectivity index (χ4n) is 5.66. The van der Waals surface area contributed by atoms with Gasteiger partial charge in [-0.05, 0) is 64.4 Å². The van der Waals surface area contributed by atoms with Crippen molar-refractivity contribution >= 4 is 53.7 Å². The van der Waals surface area contributed by atoms with Gasteiger partial charge in [0.05, 0.1) is 6.33 Å². The third kappa shape index (κ3) is 6.42. The van der Waals surface area contributed by atoms with E-state index in [1.807, 2.05) is 18.2 Å². The van der Waals surface area contributed by atoms with Gasteiger partial charge in [-0.1, -0.05) is 18.9 Å². The summed E-state index contributed by atoms with van der Waals surface area (Å²) < 4.78 is 2.26. The summed E-state index contributed by atoms with van der Waals surface area (Å²) in [5.74, 6) is 1.57. The Labute approximate surface area is 225 Å². The predicted octanol–water partition coefficient (Wildman–Crippen LogP) is 4.45. The Morgan fingerprint density at radius 2 is 1.64 bits per heavy atom. The van der Waals surface area contributed by atoms with Crippen molar-refractivity contribution in [3.05, 3.63) is 18.5 Å². The summed E-state index contributed by atoms with van der Waals surface area (Å²) in [5.41, 5.74) is 7.86. The molecular formula is C25H40Cl2N8O. The molecule has 11 heteroatoms. The van der Waals surface area contributed by atoms with Gasteiger partial charge in [0.15, 0.2) is 17.0 Å². The molecule has 5 rings (SSSR count). The molecule has 0 radical (unpaired) electrons. The molecule has 3 heterocycles. The van der Waals surface area contributed by atoms with Gasteiger partial charge in [-0.2, -0.15) is 9.97 Å². The number of nitrogens with one attached hydrogen (secondary N) is 2. The minimum absolute atomic E-state index is 0. The third-order valence-electron chi connectivity index (χ3n) is 7.70. The van der Waals surface area contributed by atoms with Gasteiger partial charge in [0.25, 0.3) is 0 Å². The number of imidazole rings is 1. The van der Waals surface area contributed by atoms with Crippen molar-refractivity contribution in [1.82, 2.24) is 24.4 Å². The number of fused-ring (bicyclic) bond motifs is 1. The molecule has 3 fully saturated rings. The van der Waals surface area contributed by atoms with Crippen LogP contribution in [-0.2, 0) is 4.79 Å². The molecule has 0 spiro atoms. The predicted molar refractivity (Wildman–Crippen MR) is 149 cm³/mol. The SMILES string of the molecule is CC=CC(=O)N1CCC(Nc2nc(NC3CCC(N)CC3)nc3c2ncn3C2CCCC2)CC1.Cl.Cl. The highest BCUT2D eigenvalue weighted by Gasteiger charge is 2.26. The Hall–Kier alpha value is -2.10. The minimum Gasteiger partial charge on any atom is -0.365 e. The van der Waals surface area contributed by atoms with Crippen molar-refractivity contribution in [2.75, 3.05) is 23.7 Å². The summed E-state index contributed by atoms with van der Waals surface area (Å²) >= 11 is 0. The maximum Gasteiger partial charge on any atom is 0.246 e. The maximum absolute atomic E-state index is 12.2.